The number of nitrogens with one attached hydrogen (secondary N) is 1. The number of piperidine rings is 3. The van der Waals surface area contributed by atoms with Gasteiger partial charge in [-0.1, -0.05) is 30.3 Å². The van der Waals surface area contributed by atoms with Crippen LogP contribution in [-0.4, -0.2) is 121 Å². The number of imide groups is 2. The van der Waals surface area contributed by atoms with Gasteiger partial charge in [0.05, 0.1) is 11.1 Å². The molecule has 0 aromatic heterocycles. The first-order valence-corrected chi connectivity index (χ1v) is 19.2. The number of carbonyl (C=O) groups is 5. The fourth-order valence-corrected chi connectivity index (χ4v) is 9.60. The predicted molar refractivity (Wildman–Crippen MR) is 194 cm³/mol. The minimum absolute atomic E-state index is 0.111. The first kappa shape index (κ1) is 34.8. The average molecular weight is 711 g/mol. The third kappa shape index (κ3) is 7.19. The molecule has 5 amide bonds. The maximum atomic E-state index is 13.3. The highest BCUT2D eigenvalue weighted by molar-refractivity contribution is 6.23. The number of hydrogen-bond donors (Lipinski definition) is 1. The molecule has 1 aliphatic carbocycles. The highest BCUT2D eigenvalue weighted by Crippen LogP contribution is 2.53. The van der Waals surface area contributed by atoms with Crippen molar-refractivity contribution in [1.29, 1.82) is 0 Å². The summed E-state index contributed by atoms with van der Waals surface area (Å²) in [6.07, 6.45) is 7.49. The van der Waals surface area contributed by atoms with Gasteiger partial charge in [-0.05, 0) is 99.0 Å². The number of piperazine rings is 1. The zero-order valence-corrected chi connectivity index (χ0v) is 30.0. The predicted octanol–water partition coefficient (Wildman–Crippen LogP) is 3.75. The Labute approximate surface area is 305 Å². The highest BCUT2D eigenvalue weighted by atomic mass is 16.6. The van der Waals surface area contributed by atoms with Crippen molar-refractivity contribution < 1.29 is 28.7 Å². The summed E-state index contributed by atoms with van der Waals surface area (Å²) in [4.78, 5) is 73.4. The Kier molecular flexibility index (Phi) is 9.78. The van der Waals surface area contributed by atoms with Crippen LogP contribution in [0.15, 0.2) is 48.5 Å². The van der Waals surface area contributed by atoms with Crippen LogP contribution in [0.5, 0.6) is 0 Å². The Bertz CT molecular complexity index is 1690. The van der Waals surface area contributed by atoms with Gasteiger partial charge < -0.3 is 19.4 Å². The summed E-state index contributed by atoms with van der Waals surface area (Å²) in [7, 11) is 0. The van der Waals surface area contributed by atoms with E-state index in [1.54, 1.807) is 6.07 Å². The van der Waals surface area contributed by atoms with Crippen LogP contribution >= 0.6 is 0 Å². The van der Waals surface area contributed by atoms with Crippen molar-refractivity contribution >= 4 is 35.4 Å². The van der Waals surface area contributed by atoms with E-state index >= 15 is 0 Å². The lowest BCUT2D eigenvalue weighted by Crippen LogP contribution is -2.54. The van der Waals surface area contributed by atoms with Crippen LogP contribution in [0.2, 0.25) is 0 Å². The van der Waals surface area contributed by atoms with Gasteiger partial charge in [-0.25, -0.2) is 4.79 Å². The fourth-order valence-electron chi connectivity index (χ4n) is 9.60. The van der Waals surface area contributed by atoms with Crippen molar-refractivity contribution in [2.24, 2.45) is 17.3 Å². The lowest BCUT2D eigenvalue weighted by atomic mass is 9.57. The smallest absolute Gasteiger partial charge is 0.410 e. The summed E-state index contributed by atoms with van der Waals surface area (Å²) < 4.78 is 5.54. The zero-order valence-electron chi connectivity index (χ0n) is 30.0. The third-order valence-corrected chi connectivity index (χ3v) is 12.6. The van der Waals surface area contributed by atoms with E-state index in [4.69, 9.17) is 4.74 Å². The minimum Gasteiger partial charge on any atom is -0.445 e. The monoisotopic (exact) mass is 710 g/mol. The minimum atomic E-state index is -0.947. The van der Waals surface area contributed by atoms with E-state index in [1.807, 2.05) is 47.4 Å². The second kappa shape index (κ2) is 14.6. The van der Waals surface area contributed by atoms with Crippen molar-refractivity contribution in [3.05, 3.63) is 65.2 Å². The SMILES string of the molecule is O=C1CCC(N2C(=O)c3ccc(N4CCC(CN5CCC6(CC5)CC(CN5CCN(C(=O)OCc7ccccc7)CC5)C6)CC4)cc3C2=O)C(=O)N1. The van der Waals surface area contributed by atoms with E-state index < -0.39 is 23.8 Å². The maximum absolute atomic E-state index is 13.3. The summed E-state index contributed by atoms with van der Waals surface area (Å²) >= 11 is 0. The molecule has 6 aliphatic rings. The molecular weight excluding hydrogens is 660 g/mol. The number of likely N-dealkylation sites (tertiary alicyclic amines) is 1. The fraction of sp³-hybridized carbons (Fsp3) is 0.575. The summed E-state index contributed by atoms with van der Waals surface area (Å²) in [6, 6.07) is 14.3. The molecule has 1 spiro atoms. The van der Waals surface area contributed by atoms with Crippen molar-refractivity contribution in [3.8, 4) is 0 Å². The molecule has 5 fully saturated rings. The Morgan fingerprint density at radius 3 is 2.13 bits per heavy atom. The largest absolute Gasteiger partial charge is 0.445 e. The van der Waals surface area contributed by atoms with Crippen molar-refractivity contribution in [2.45, 2.75) is 64.0 Å². The summed E-state index contributed by atoms with van der Waals surface area (Å²) in [5.41, 5.74) is 3.14. The quantitative estimate of drug-likeness (QED) is 0.409. The Balaban J connectivity index is 0.732. The van der Waals surface area contributed by atoms with Crippen LogP contribution in [0.3, 0.4) is 0 Å². The molecular formula is C40H50N6O6. The first-order valence-electron chi connectivity index (χ1n) is 19.2. The summed E-state index contributed by atoms with van der Waals surface area (Å²) in [5.74, 6) is -0.468. The molecule has 1 saturated carbocycles. The van der Waals surface area contributed by atoms with Crippen LogP contribution in [0.25, 0.3) is 0 Å². The van der Waals surface area contributed by atoms with Gasteiger partial charge in [0.15, 0.2) is 0 Å². The maximum Gasteiger partial charge on any atom is 0.410 e. The number of nitrogens with zero attached hydrogens (tertiary/aromatic N) is 5. The molecule has 1 unspecified atom stereocenters. The number of fused-ring (bicyclic) bond motifs is 1. The van der Waals surface area contributed by atoms with Gasteiger partial charge in [0, 0.05) is 64.5 Å². The molecule has 12 heteroatoms. The molecule has 1 atom stereocenters. The van der Waals surface area contributed by atoms with Crippen LogP contribution in [0.4, 0.5) is 10.5 Å². The molecule has 8 rings (SSSR count). The van der Waals surface area contributed by atoms with Gasteiger partial charge in [0.1, 0.15) is 12.6 Å². The van der Waals surface area contributed by atoms with E-state index in [9.17, 15) is 24.0 Å². The number of anilines is 1. The van der Waals surface area contributed by atoms with Crippen LogP contribution in [0, 0.1) is 17.3 Å². The molecule has 52 heavy (non-hydrogen) atoms. The topological polar surface area (TPSA) is 123 Å². The number of ether oxygens (including phenoxy) is 1. The Hall–Kier alpha value is -4.29. The molecule has 12 nitrogen and oxygen atoms in total. The molecule has 1 N–H and O–H groups in total. The second-order valence-electron chi connectivity index (χ2n) is 16.0. The number of rotatable bonds is 8. The van der Waals surface area contributed by atoms with Gasteiger partial charge in [0.25, 0.3) is 11.8 Å². The molecule has 2 aromatic carbocycles. The van der Waals surface area contributed by atoms with Crippen LogP contribution < -0.4 is 10.2 Å². The number of benzene rings is 2. The molecule has 0 radical (unpaired) electrons. The number of amides is 5. The highest BCUT2D eigenvalue weighted by Gasteiger charge is 2.47. The standard InChI is InChI=1S/C40H50N6O6/c47-35-9-8-34(36(48)41-35)46-37(49)32-7-6-31(22-33(32)38(46)50)44-14-10-28(11-15-44)25-42-16-12-40(13-17-42)23-30(24-40)26-43-18-20-45(21-19-43)39(51)52-27-29-4-2-1-3-5-29/h1-7,22,28,30,34H,8-21,23-27H2,(H,41,47,48). The zero-order chi connectivity index (χ0) is 35.8. The first-order chi connectivity index (χ1) is 25.2. The van der Waals surface area contributed by atoms with Gasteiger partial charge in [-0.3, -0.25) is 34.3 Å². The van der Waals surface area contributed by atoms with Crippen LogP contribution in [0.1, 0.15) is 77.6 Å². The van der Waals surface area contributed by atoms with E-state index in [1.165, 1.54) is 38.8 Å². The lowest BCUT2D eigenvalue weighted by molar-refractivity contribution is -0.136. The Morgan fingerprint density at radius 2 is 1.42 bits per heavy atom. The lowest BCUT2D eigenvalue weighted by Gasteiger charge is -2.54. The Morgan fingerprint density at radius 1 is 0.750 bits per heavy atom. The van der Waals surface area contributed by atoms with Gasteiger partial charge in [0.2, 0.25) is 11.8 Å². The van der Waals surface area contributed by atoms with Gasteiger partial charge in [-0.15, -0.1) is 0 Å². The van der Waals surface area contributed by atoms with E-state index in [0.717, 1.165) is 87.3 Å². The van der Waals surface area contributed by atoms with E-state index in [-0.39, 0.29) is 24.8 Å². The van der Waals surface area contributed by atoms with E-state index in [0.29, 0.717) is 29.1 Å². The molecule has 2 aromatic rings. The molecule has 5 heterocycles. The second-order valence-corrected chi connectivity index (χ2v) is 16.0. The van der Waals surface area contributed by atoms with Gasteiger partial charge in [-0.2, -0.15) is 0 Å². The van der Waals surface area contributed by atoms with E-state index in [2.05, 4.69) is 20.0 Å². The number of carbonyl (C=O) groups excluding carboxylic acids is 5. The van der Waals surface area contributed by atoms with Crippen molar-refractivity contribution in [1.82, 2.24) is 24.9 Å². The van der Waals surface area contributed by atoms with Crippen molar-refractivity contribution in [3.63, 3.8) is 0 Å². The molecule has 4 saturated heterocycles. The molecule has 5 aliphatic heterocycles. The normalized spacial score (nSPS) is 24.6. The van der Waals surface area contributed by atoms with Gasteiger partial charge >= 0.3 is 6.09 Å². The third-order valence-electron chi connectivity index (χ3n) is 12.6. The van der Waals surface area contributed by atoms with Crippen molar-refractivity contribution in [2.75, 3.05) is 70.3 Å². The number of hydrogen-bond acceptors (Lipinski definition) is 9. The average Bonchev–Trinajstić information content (AvgIpc) is 3.40. The summed E-state index contributed by atoms with van der Waals surface area (Å²) in [6.45, 7) is 10.1. The van der Waals surface area contributed by atoms with Crippen LogP contribution in [-0.2, 0) is 20.9 Å². The molecule has 276 valence electrons. The molecule has 0 bridgehead atoms. The summed E-state index contributed by atoms with van der Waals surface area (Å²) in [5, 5.41) is 2.26.